The quantitative estimate of drug-likeness (QED) is 0.623. The normalized spacial score (nSPS) is 10.2. The number of benzene rings is 2. The smallest absolute Gasteiger partial charge is 0.337 e. The number of esters is 1. The topological polar surface area (TPSA) is 88.9 Å². The van der Waals surface area contributed by atoms with Gasteiger partial charge in [-0.1, -0.05) is 18.2 Å². The van der Waals surface area contributed by atoms with Crippen molar-refractivity contribution in [3.05, 3.63) is 89.9 Å². The predicted octanol–water partition coefficient (Wildman–Crippen LogP) is 3.35. The molecule has 0 aliphatic rings. The fourth-order valence-corrected chi connectivity index (χ4v) is 2.73. The van der Waals surface area contributed by atoms with Crippen LogP contribution in [-0.2, 0) is 16.1 Å². The lowest BCUT2D eigenvalue weighted by atomic mass is 10.1. The Bertz CT molecular complexity index is 966. The van der Waals surface area contributed by atoms with Crippen LogP contribution < -0.4 is 5.32 Å². The van der Waals surface area contributed by atoms with E-state index in [1.165, 1.54) is 42.5 Å². The zero-order valence-electron chi connectivity index (χ0n) is 15.8. The highest BCUT2D eigenvalue weighted by atomic mass is 16.5. The minimum Gasteiger partial charge on any atom is -0.467 e. The maximum atomic E-state index is 13.0. The standard InChI is InChI=1S/C22H20N2O5/c1-28-22(27)17-11-9-16(10-12-17)21(26)24(14-19-8-5-13-29-19)15-20(25)23-18-6-3-2-4-7-18/h2-13H,14-15H2,1H3,(H,23,25). The van der Waals surface area contributed by atoms with Crippen molar-refractivity contribution in [2.75, 3.05) is 19.0 Å². The van der Waals surface area contributed by atoms with E-state index in [0.29, 0.717) is 22.6 Å². The van der Waals surface area contributed by atoms with Gasteiger partial charge in [0.05, 0.1) is 25.5 Å². The molecule has 0 bridgehead atoms. The van der Waals surface area contributed by atoms with Crippen LogP contribution in [0.25, 0.3) is 0 Å². The zero-order chi connectivity index (χ0) is 20.6. The molecule has 0 radical (unpaired) electrons. The van der Waals surface area contributed by atoms with Gasteiger partial charge in [0.2, 0.25) is 5.91 Å². The first-order valence-electron chi connectivity index (χ1n) is 8.92. The maximum Gasteiger partial charge on any atom is 0.337 e. The molecule has 0 saturated heterocycles. The number of para-hydroxylation sites is 1. The van der Waals surface area contributed by atoms with Gasteiger partial charge in [-0.15, -0.1) is 0 Å². The van der Waals surface area contributed by atoms with E-state index in [1.54, 1.807) is 24.3 Å². The summed E-state index contributed by atoms with van der Waals surface area (Å²) in [6.45, 7) is -0.0278. The highest BCUT2D eigenvalue weighted by Gasteiger charge is 2.21. The van der Waals surface area contributed by atoms with Gasteiger partial charge in [0.25, 0.3) is 5.91 Å². The molecule has 0 spiro atoms. The van der Waals surface area contributed by atoms with E-state index in [4.69, 9.17) is 4.42 Å². The molecule has 29 heavy (non-hydrogen) atoms. The number of carbonyl (C=O) groups excluding carboxylic acids is 3. The summed E-state index contributed by atoms with van der Waals surface area (Å²) in [5, 5.41) is 2.77. The van der Waals surface area contributed by atoms with Crippen molar-refractivity contribution in [2.45, 2.75) is 6.54 Å². The van der Waals surface area contributed by atoms with Gasteiger partial charge in [-0.25, -0.2) is 4.79 Å². The molecule has 1 heterocycles. The molecule has 1 aromatic heterocycles. The molecule has 0 aliphatic heterocycles. The van der Waals surface area contributed by atoms with E-state index in [2.05, 4.69) is 10.1 Å². The van der Waals surface area contributed by atoms with Crippen LogP contribution in [-0.4, -0.2) is 36.3 Å². The Hall–Kier alpha value is -3.87. The molecule has 2 amide bonds. The summed E-state index contributed by atoms with van der Waals surface area (Å²) >= 11 is 0. The average Bonchev–Trinajstić information content (AvgIpc) is 3.26. The minimum absolute atomic E-state index is 0.132. The first-order valence-corrected chi connectivity index (χ1v) is 8.92. The molecule has 0 fully saturated rings. The summed E-state index contributed by atoms with van der Waals surface area (Å²) in [5.41, 5.74) is 1.32. The second-order valence-corrected chi connectivity index (χ2v) is 6.22. The van der Waals surface area contributed by atoms with E-state index in [-0.39, 0.29) is 24.9 Å². The van der Waals surface area contributed by atoms with Crippen LogP contribution in [0.5, 0.6) is 0 Å². The van der Waals surface area contributed by atoms with Crippen molar-refractivity contribution in [1.82, 2.24) is 4.90 Å². The summed E-state index contributed by atoms with van der Waals surface area (Å²) in [4.78, 5) is 38.4. The number of nitrogens with one attached hydrogen (secondary N) is 1. The number of rotatable bonds is 7. The average molecular weight is 392 g/mol. The van der Waals surface area contributed by atoms with Crippen LogP contribution in [0.4, 0.5) is 5.69 Å². The number of furan rings is 1. The molecule has 148 valence electrons. The molecule has 3 rings (SSSR count). The maximum absolute atomic E-state index is 13.0. The van der Waals surface area contributed by atoms with Crippen molar-refractivity contribution >= 4 is 23.5 Å². The summed E-state index contributed by atoms with van der Waals surface area (Å²) in [6, 6.07) is 18.5. The largest absolute Gasteiger partial charge is 0.467 e. The van der Waals surface area contributed by atoms with E-state index in [9.17, 15) is 14.4 Å². The molecule has 0 atom stereocenters. The Morgan fingerprint density at radius 1 is 0.931 bits per heavy atom. The molecule has 0 aliphatic carbocycles. The number of anilines is 1. The highest BCUT2D eigenvalue weighted by Crippen LogP contribution is 2.13. The molecular weight excluding hydrogens is 372 g/mol. The molecule has 2 aromatic carbocycles. The minimum atomic E-state index is -0.487. The van der Waals surface area contributed by atoms with Crippen LogP contribution in [0.1, 0.15) is 26.5 Å². The summed E-state index contributed by atoms with van der Waals surface area (Å²) in [6.07, 6.45) is 1.51. The molecular formula is C22H20N2O5. The first kappa shape index (κ1) is 19.9. The van der Waals surface area contributed by atoms with Gasteiger partial charge in [0, 0.05) is 11.3 Å². The number of ether oxygens (including phenoxy) is 1. The van der Waals surface area contributed by atoms with Gasteiger partial charge >= 0.3 is 5.97 Å². The second-order valence-electron chi connectivity index (χ2n) is 6.22. The van der Waals surface area contributed by atoms with Crippen LogP contribution in [0.3, 0.4) is 0 Å². The molecule has 1 N–H and O–H groups in total. The molecule has 0 unspecified atom stereocenters. The van der Waals surface area contributed by atoms with Crippen LogP contribution in [0.15, 0.2) is 77.4 Å². The van der Waals surface area contributed by atoms with Crippen LogP contribution >= 0.6 is 0 Å². The lowest BCUT2D eigenvalue weighted by Crippen LogP contribution is -2.37. The van der Waals surface area contributed by atoms with Crippen LogP contribution in [0.2, 0.25) is 0 Å². The van der Waals surface area contributed by atoms with Crippen molar-refractivity contribution in [1.29, 1.82) is 0 Å². The second kappa shape index (κ2) is 9.36. The third-order valence-corrected chi connectivity index (χ3v) is 4.16. The number of methoxy groups -OCH3 is 1. The van der Waals surface area contributed by atoms with Crippen molar-refractivity contribution in [3.63, 3.8) is 0 Å². The Labute approximate surface area is 167 Å². The summed E-state index contributed by atoms with van der Waals surface area (Å²) < 4.78 is 9.99. The van der Waals surface area contributed by atoms with Gasteiger partial charge < -0.3 is 19.4 Å². The highest BCUT2D eigenvalue weighted by molar-refractivity contribution is 6.00. The Kier molecular flexibility index (Phi) is 6.42. The fraction of sp³-hybridized carbons (Fsp3) is 0.136. The van der Waals surface area contributed by atoms with Crippen LogP contribution in [0, 0.1) is 0 Å². The number of carbonyl (C=O) groups is 3. The van der Waals surface area contributed by atoms with E-state index in [0.717, 1.165) is 0 Å². The lowest BCUT2D eigenvalue weighted by Gasteiger charge is -2.21. The Balaban J connectivity index is 1.76. The monoisotopic (exact) mass is 392 g/mol. The van der Waals surface area contributed by atoms with E-state index >= 15 is 0 Å². The molecule has 3 aromatic rings. The number of amides is 2. The van der Waals surface area contributed by atoms with Gasteiger partial charge in [-0.2, -0.15) is 0 Å². The molecule has 7 nitrogen and oxygen atoms in total. The SMILES string of the molecule is COC(=O)c1ccc(C(=O)N(CC(=O)Nc2ccccc2)Cc2ccco2)cc1. The number of hydrogen-bond acceptors (Lipinski definition) is 5. The van der Waals surface area contributed by atoms with Gasteiger partial charge in [0.1, 0.15) is 12.3 Å². The number of nitrogens with zero attached hydrogens (tertiary/aromatic N) is 1. The Morgan fingerprint density at radius 2 is 1.62 bits per heavy atom. The van der Waals surface area contributed by atoms with Gasteiger partial charge in [0.15, 0.2) is 0 Å². The molecule has 0 saturated carbocycles. The molecule has 7 heteroatoms. The number of hydrogen-bond donors (Lipinski definition) is 1. The van der Waals surface area contributed by atoms with Crippen molar-refractivity contribution in [2.24, 2.45) is 0 Å². The van der Waals surface area contributed by atoms with Gasteiger partial charge in [-0.05, 0) is 48.5 Å². The fourth-order valence-electron chi connectivity index (χ4n) is 2.73. The summed E-state index contributed by atoms with van der Waals surface area (Å²) in [5.74, 6) is -0.626. The Morgan fingerprint density at radius 3 is 2.24 bits per heavy atom. The first-order chi connectivity index (χ1) is 14.1. The van der Waals surface area contributed by atoms with Crippen molar-refractivity contribution in [3.8, 4) is 0 Å². The van der Waals surface area contributed by atoms with E-state index in [1.807, 2.05) is 18.2 Å². The predicted molar refractivity (Wildman–Crippen MR) is 106 cm³/mol. The zero-order valence-corrected chi connectivity index (χ0v) is 15.8. The third kappa shape index (κ3) is 5.32. The van der Waals surface area contributed by atoms with Gasteiger partial charge in [-0.3, -0.25) is 9.59 Å². The summed E-state index contributed by atoms with van der Waals surface area (Å²) in [7, 11) is 1.29. The van der Waals surface area contributed by atoms with Crippen molar-refractivity contribution < 1.29 is 23.5 Å². The third-order valence-electron chi connectivity index (χ3n) is 4.16. The van der Waals surface area contributed by atoms with E-state index < -0.39 is 5.97 Å². The lowest BCUT2D eigenvalue weighted by molar-refractivity contribution is -0.117.